The van der Waals surface area contributed by atoms with Crippen molar-refractivity contribution in [3.8, 4) is 0 Å². The summed E-state index contributed by atoms with van der Waals surface area (Å²) in [5.41, 5.74) is 0.590. The molecule has 1 aromatic carbocycles. The zero-order chi connectivity index (χ0) is 17.5. The van der Waals surface area contributed by atoms with Crippen LogP contribution in [0.25, 0.3) is 11.0 Å². The van der Waals surface area contributed by atoms with E-state index in [2.05, 4.69) is 15.2 Å². The molecule has 0 spiro atoms. The molecular formula is C12H9F5N6S. The molecule has 0 radical (unpaired) electrons. The monoisotopic (exact) mass is 364 g/mol. The molecule has 24 heavy (non-hydrogen) atoms. The Kier molecular flexibility index (Phi) is 4.07. The Labute approximate surface area is 135 Å². The fourth-order valence-electron chi connectivity index (χ4n) is 2.11. The summed E-state index contributed by atoms with van der Waals surface area (Å²) in [5, 5.41) is 6.04. The average Bonchev–Trinajstić information content (AvgIpc) is 3.04. The van der Waals surface area contributed by atoms with Crippen molar-refractivity contribution < 1.29 is 22.0 Å². The lowest BCUT2D eigenvalue weighted by atomic mass is 10.3. The molecule has 0 aliphatic heterocycles. The van der Waals surface area contributed by atoms with Crippen LogP contribution in [-0.2, 0) is 11.9 Å². The third-order valence-electron chi connectivity index (χ3n) is 3.11. The van der Waals surface area contributed by atoms with E-state index >= 15 is 0 Å². The van der Waals surface area contributed by atoms with Gasteiger partial charge < -0.3 is 5.84 Å². The minimum atomic E-state index is -4.75. The third-order valence-corrected chi connectivity index (χ3v) is 4.05. The molecule has 0 fully saturated rings. The number of aromatic nitrogens is 5. The number of hydrogen-bond donors (Lipinski definition) is 1. The molecule has 0 amide bonds. The highest BCUT2D eigenvalue weighted by Gasteiger charge is 2.38. The van der Waals surface area contributed by atoms with Crippen molar-refractivity contribution in [3.63, 3.8) is 0 Å². The topological polar surface area (TPSA) is 74.6 Å². The van der Waals surface area contributed by atoms with Gasteiger partial charge in [0.1, 0.15) is 5.82 Å². The van der Waals surface area contributed by atoms with Gasteiger partial charge in [-0.15, -0.1) is 10.2 Å². The fourth-order valence-corrected chi connectivity index (χ4v) is 2.90. The molecule has 2 heterocycles. The zero-order valence-electron chi connectivity index (χ0n) is 11.7. The summed E-state index contributed by atoms with van der Waals surface area (Å²) in [5.74, 6) is 3.78. The van der Waals surface area contributed by atoms with Gasteiger partial charge in [-0.05, 0) is 12.1 Å². The first-order chi connectivity index (χ1) is 11.3. The second-order valence-corrected chi connectivity index (χ2v) is 5.57. The fraction of sp³-hybridized carbons (Fsp3) is 0.250. The molecule has 0 bridgehead atoms. The number of alkyl halides is 5. The molecule has 0 atom stereocenters. The van der Waals surface area contributed by atoms with Gasteiger partial charge in [-0.3, -0.25) is 4.57 Å². The van der Waals surface area contributed by atoms with Gasteiger partial charge in [-0.25, -0.2) is 9.66 Å². The summed E-state index contributed by atoms with van der Waals surface area (Å²) >= 11 is 0.732. The molecule has 3 rings (SSSR count). The van der Waals surface area contributed by atoms with Crippen LogP contribution >= 0.6 is 11.8 Å². The Hall–Kier alpha value is -2.37. The van der Waals surface area contributed by atoms with E-state index in [4.69, 9.17) is 5.84 Å². The molecule has 6 nitrogen and oxygen atoms in total. The van der Waals surface area contributed by atoms with Gasteiger partial charge in [0.05, 0.1) is 16.8 Å². The van der Waals surface area contributed by atoms with Crippen LogP contribution < -0.4 is 5.84 Å². The molecule has 0 unspecified atom stereocenters. The van der Waals surface area contributed by atoms with Crippen molar-refractivity contribution in [3.05, 3.63) is 35.9 Å². The van der Waals surface area contributed by atoms with Crippen molar-refractivity contribution in [2.24, 2.45) is 0 Å². The number of benzene rings is 1. The van der Waals surface area contributed by atoms with E-state index in [9.17, 15) is 22.0 Å². The maximum Gasteiger partial charge on any atom is 0.453 e. The van der Waals surface area contributed by atoms with E-state index in [1.165, 1.54) is 6.07 Å². The van der Waals surface area contributed by atoms with Gasteiger partial charge in [-0.2, -0.15) is 22.0 Å². The normalized spacial score (nSPS) is 12.4. The summed E-state index contributed by atoms with van der Waals surface area (Å²) in [6.45, 7) is -2.84. The quantitative estimate of drug-likeness (QED) is 0.438. The Morgan fingerprint density at radius 2 is 1.88 bits per heavy atom. The van der Waals surface area contributed by atoms with Crippen LogP contribution in [-0.4, -0.2) is 24.4 Å². The van der Waals surface area contributed by atoms with Crippen LogP contribution in [0.2, 0.25) is 0 Å². The van der Waals surface area contributed by atoms with Crippen molar-refractivity contribution >= 4 is 22.8 Å². The SMILES string of the molecule is Nn1c(SCc2nc3ccccc3n2C(F)F)nnc1C(F)(F)F. The number of halogens is 5. The first-order valence-corrected chi connectivity index (χ1v) is 7.42. The standard InChI is InChI=1S/C12H9F5N6S/c13-10(14)22-7-4-2-1-3-6(7)19-8(22)5-24-11-21-20-9(23(11)18)12(15,16)17/h1-4,10H,5,18H2. The number of thioether (sulfide) groups is 1. The summed E-state index contributed by atoms with van der Waals surface area (Å²) in [6.07, 6.45) is -4.75. The Morgan fingerprint density at radius 3 is 2.50 bits per heavy atom. The minimum Gasteiger partial charge on any atom is -0.335 e. The van der Waals surface area contributed by atoms with E-state index in [-0.39, 0.29) is 26.9 Å². The second-order valence-electron chi connectivity index (χ2n) is 4.63. The molecule has 2 aromatic heterocycles. The molecule has 3 aromatic rings. The van der Waals surface area contributed by atoms with E-state index in [0.717, 1.165) is 11.8 Å². The molecule has 0 saturated carbocycles. The highest BCUT2D eigenvalue weighted by molar-refractivity contribution is 7.98. The zero-order valence-corrected chi connectivity index (χ0v) is 12.5. The minimum absolute atomic E-state index is 0.00670. The lowest BCUT2D eigenvalue weighted by molar-refractivity contribution is -0.146. The first-order valence-electron chi connectivity index (χ1n) is 6.43. The van der Waals surface area contributed by atoms with E-state index in [1.807, 2.05) is 0 Å². The second kappa shape index (κ2) is 5.92. The van der Waals surface area contributed by atoms with Crippen LogP contribution in [0.3, 0.4) is 0 Å². The number of rotatable bonds is 4. The lowest BCUT2D eigenvalue weighted by Gasteiger charge is -2.08. The summed E-state index contributed by atoms with van der Waals surface area (Å²) < 4.78 is 65.3. The number of nitrogens with zero attached hydrogens (tertiary/aromatic N) is 5. The third kappa shape index (κ3) is 2.88. The Morgan fingerprint density at radius 1 is 1.17 bits per heavy atom. The molecule has 2 N–H and O–H groups in total. The predicted octanol–water partition coefficient (Wildman–Crippen LogP) is 3.05. The number of nitrogen functional groups attached to an aromatic ring is 1. The van der Waals surface area contributed by atoms with Gasteiger partial charge in [0.25, 0.3) is 5.82 Å². The number of imidazole rings is 1. The van der Waals surface area contributed by atoms with Crippen LogP contribution in [0.5, 0.6) is 0 Å². The van der Waals surface area contributed by atoms with Crippen molar-refractivity contribution in [2.75, 3.05) is 5.84 Å². The van der Waals surface area contributed by atoms with Gasteiger partial charge >= 0.3 is 12.7 Å². The maximum absolute atomic E-state index is 13.3. The lowest BCUT2D eigenvalue weighted by Crippen LogP contribution is -2.21. The van der Waals surface area contributed by atoms with Crippen molar-refractivity contribution in [2.45, 2.75) is 23.6 Å². The van der Waals surface area contributed by atoms with Gasteiger partial charge in [0.15, 0.2) is 0 Å². The highest BCUT2D eigenvalue weighted by Crippen LogP contribution is 2.31. The Balaban J connectivity index is 1.89. The number of fused-ring (bicyclic) bond motifs is 1. The molecular weight excluding hydrogens is 355 g/mol. The summed E-state index contributed by atoms with van der Waals surface area (Å²) in [6, 6.07) is 6.28. The van der Waals surface area contributed by atoms with Crippen LogP contribution in [0.1, 0.15) is 18.2 Å². The van der Waals surface area contributed by atoms with Crippen molar-refractivity contribution in [1.82, 2.24) is 24.4 Å². The van der Waals surface area contributed by atoms with Gasteiger partial charge in [0.2, 0.25) is 5.16 Å². The average molecular weight is 364 g/mol. The Bertz CT molecular complexity index is 871. The van der Waals surface area contributed by atoms with E-state index in [0.29, 0.717) is 10.1 Å². The smallest absolute Gasteiger partial charge is 0.335 e. The van der Waals surface area contributed by atoms with E-state index < -0.39 is 18.6 Å². The number of para-hydroxylation sites is 2. The summed E-state index contributed by atoms with van der Waals surface area (Å²) in [7, 11) is 0. The maximum atomic E-state index is 13.3. The van der Waals surface area contributed by atoms with Gasteiger partial charge in [-0.1, -0.05) is 23.9 Å². The molecule has 0 aliphatic carbocycles. The molecule has 0 aliphatic rings. The predicted molar refractivity (Wildman–Crippen MR) is 75.7 cm³/mol. The summed E-state index contributed by atoms with van der Waals surface area (Å²) in [4.78, 5) is 4.08. The molecule has 128 valence electrons. The van der Waals surface area contributed by atoms with Crippen LogP contribution in [0, 0.1) is 0 Å². The molecule has 12 heteroatoms. The van der Waals surface area contributed by atoms with Crippen LogP contribution in [0.4, 0.5) is 22.0 Å². The number of hydrogen-bond acceptors (Lipinski definition) is 5. The highest BCUT2D eigenvalue weighted by atomic mass is 32.2. The number of nitrogens with two attached hydrogens (primary N) is 1. The molecule has 0 saturated heterocycles. The van der Waals surface area contributed by atoms with Crippen molar-refractivity contribution in [1.29, 1.82) is 0 Å². The largest absolute Gasteiger partial charge is 0.453 e. The van der Waals surface area contributed by atoms with E-state index in [1.54, 1.807) is 18.2 Å². The van der Waals surface area contributed by atoms with Crippen LogP contribution in [0.15, 0.2) is 29.4 Å². The van der Waals surface area contributed by atoms with Gasteiger partial charge in [0, 0.05) is 0 Å². The first kappa shape index (κ1) is 16.5.